The summed E-state index contributed by atoms with van der Waals surface area (Å²) >= 11 is 0. The van der Waals surface area contributed by atoms with E-state index < -0.39 is 11.7 Å². The van der Waals surface area contributed by atoms with Gasteiger partial charge in [0.1, 0.15) is 17.3 Å². The van der Waals surface area contributed by atoms with Crippen LogP contribution in [0.3, 0.4) is 0 Å². The second-order valence-corrected chi connectivity index (χ2v) is 4.69. The number of nitrogens with two attached hydrogens (primary N) is 1. The zero-order valence-corrected chi connectivity index (χ0v) is 11.5. The Labute approximate surface area is 120 Å². The lowest BCUT2D eigenvalue weighted by Gasteiger charge is -2.17. The highest BCUT2D eigenvalue weighted by molar-refractivity contribution is 5.35. The van der Waals surface area contributed by atoms with Gasteiger partial charge in [-0.25, -0.2) is 0 Å². The predicted molar refractivity (Wildman–Crippen MR) is 72.2 cm³/mol. The van der Waals surface area contributed by atoms with Gasteiger partial charge in [-0.3, -0.25) is 0 Å². The number of rotatable bonds is 5. The van der Waals surface area contributed by atoms with Crippen molar-refractivity contribution in [3.8, 4) is 5.75 Å². The van der Waals surface area contributed by atoms with Gasteiger partial charge in [-0.1, -0.05) is 12.1 Å². The summed E-state index contributed by atoms with van der Waals surface area (Å²) in [5.74, 6) is 0.838. The Morgan fingerprint density at radius 2 is 1.90 bits per heavy atom. The number of benzene rings is 1. The average molecular weight is 299 g/mol. The Bertz CT molecular complexity index is 593. The van der Waals surface area contributed by atoms with Crippen LogP contribution in [0.25, 0.3) is 0 Å². The van der Waals surface area contributed by atoms with Crippen LogP contribution < -0.4 is 10.5 Å². The van der Waals surface area contributed by atoms with Crippen molar-refractivity contribution >= 4 is 0 Å². The van der Waals surface area contributed by atoms with Crippen molar-refractivity contribution in [1.82, 2.24) is 0 Å². The highest BCUT2D eigenvalue weighted by Crippen LogP contribution is 2.36. The van der Waals surface area contributed by atoms with Crippen molar-refractivity contribution in [3.63, 3.8) is 0 Å². The molecule has 0 saturated heterocycles. The van der Waals surface area contributed by atoms with Gasteiger partial charge >= 0.3 is 6.18 Å². The van der Waals surface area contributed by atoms with Crippen molar-refractivity contribution in [3.05, 3.63) is 53.5 Å². The quantitative estimate of drug-likeness (QED) is 0.915. The molecule has 114 valence electrons. The minimum Gasteiger partial charge on any atom is -0.492 e. The van der Waals surface area contributed by atoms with Gasteiger partial charge < -0.3 is 14.9 Å². The molecule has 0 bridgehead atoms. The third-order valence-electron chi connectivity index (χ3n) is 3.08. The molecule has 6 heteroatoms. The molecule has 0 aliphatic carbocycles. The third kappa shape index (κ3) is 3.78. The van der Waals surface area contributed by atoms with Gasteiger partial charge in [0.05, 0.1) is 18.1 Å². The van der Waals surface area contributed by atoms with E-state index in [-0.39, 0.29) is 24.8 Å². The van der Waals surface area contributed by atoms with E-state index in [9.17, 15) is 13.2 Å². The molecule has 0 aliphatic rings. The van der Waals surface area contributed by atoms with Gasteiger partial charge in [-0.05, 0) is 31.2 Å². The number of hydrogen-bond acceptors (Lipinski definition) is 3. The standard InChI is InChI=1S/C15H16F3NO2/c1-10-6-7-13(21-10)11(8-19)9-20-14-5-3-2-4-12(14)15(16,17)18/h2-7,11H,8-9,19H2,1H3. The first kappa shape index (κ1) is 15.4. The summed E-state index contributed by atoms with van der Waals surface area (Å²) < 4.78 is 49.3. The zero-order chi connectivity index (χ0) is 15.5. The molecule has 0 aliphatic heterocycles. The number of alkyl halides is 3. The first-order chi connectivity index (χ1) is 9.91. The van der Waals surface area contributed by atoms with Crippen molar-refractivity contribution in [2.45, 2.75) is 19.0 Å². The fourth-order valence-corrected chi connectivity index (χ4v) is 1.96. The topological polar surface area (TPSA) is 48.4 Å². The van der Waals surface area contributed by atoms with Crippen LogP contribution in [0.1, 0.15) is 23.0 Å². The van der Waals surface area contributed by atoms with Gasteiger partial charge in [-0.2, -0.15) is 13.2 Å². The highest BCUT2D eigenvalue weighted by atomic mass is 19.4. The molecule has 0 amide bonds. The van der Waals surface area contributed by atoms with Crippen LogP contribution in [0.2, 0.25) is 0 Å². The Hall–Kier alpha value is -1.95. The van der Waals surface area contributed by atoms with Crippen LogP contribution in [-0.4, -0.2) is 13.2 Å². The highest BCUT2D eigenvalue weighted by Gasteiger charge is 2.34. The molecule has 1 aromatic heterocycles. The van der Waals surface area contributed by atoms with Crippen LogP contribution in [0.5, 0.6) is 5.75 Å². The van der Waals surface area contributed by atoms with E-state index in [4.69, 9.17) is 14.9 Å². The van der Waals surface area contributed by atoms with E-state index in [1.165, 1.54) is 18.2 Å². The number of ether oxygens (including phenoxy) is 1. The van der Waals surface area contributed by atoms with E-state index in [2.05, 4.69) is 0 Å². The first-order valence-electron chi connectivity index (χ1n) is 6.47. The molecular formula is C15H16F3NO2. The molecule has 0 saturated carbocycles. The fourth-order valence-electron chi connectivity index (χ4n) is 1.96. The fraction of sp³-hybridized carbons (Fsp3) is 0.333. The average Bonchev–Trinajstić information content (AvgIpc) is 2.85. The van der Waals surface area contributed by atoms with Crippen molar-refractivity contribution in [1.29, 1.82) is 0 Å². The van der Waals surface area contributed by atoms with Crippen LogP contribution in [0.15, 0.2) is 40.8 Å². The molecule has 1 aromatic carbocycles. The van der Waals surface area contributed by atoms with Crippen LogP contribution >= 0.6 is 0 Å². The monoisotopic (exact) mass is 299 g/mol. The molecule has 0 fully saturated rings. The second kappa shape index (κ2) is 6.22. The summed E-state index contributed by atoms with van der Waals surface area (Å²) in [5.41, 5.74) is 4.84. The second-order valence-electron chi connectivity index (χ2n) is 4.69. The molecule has 2 aromatic rings. The number of halogens is 3. The van der Waals surface area contributed by atoms with E-state index >= 15 is 0 Å². The molecule has 1 heterocycles. The van der Waals surface area contributed by atoms with Crippen molar-refractivity contribution in [2.24, 2.45) is 5.73 Å². The molecular weight excluding hydrogens is 283 g/mol. The Balaban J connectivity index is 2.12. The minimum atomic E-state index is -4.45. The Kier molecular flexibility index (Phi) is 4.57. The number of hydrogen-bond donors (Lipinski definition) is 1. The summed E-state index contributed by atoms with van der Waals surface area (Å²) in [7, 11) is 0. The molecule has 0 spiro atoms. The van der Waals surface area contributed by atoms with Gasteiger partial charge in [-0.15, -0.1) is 0 Å². The molecule has 21 heavy (non-hydrogen) atoms. The predicted octanol–water partition coefficient (Wildman–Crippen LogP) is 3.73. The normalized spacial score (nSPS) is 13.2. The van der Waals surface area contributed by atoms with E-state index in [1.54, 1.807) is 19.1 Å². The van der Waals surface area contributed by atoms with Gasteiger partial charge in [0.15, 0.2) is 0 Å². The molecule has 0 radical (unpaired) electrons. The summed E-state index contributed by atoms with van der Waals surface area (Å²) in [6.45, 7) is 2.04. The van der Waals surface area contributed by atoms with E-state index in [0.29, 0.717) is 5.76 Å². The summed E-state index contributed by atoms with van der Waals surface area (Å²) in [6, 6.07) is 8.65. The Morgan fingerprint density at radius 1 is 1.19 bits per heavy atom. The number of furan rings is 1. The van der Waals surface area contributed by atoms with Gasteiger partial charge in [0, 0.05) is 6.54 Å². The summed E-state index contributed by atoms with van der Waals surface area (Å²) in [4.78, 5) is 0. The van der Waals surface area contributed by atoms with E-state index in [1.807, 2.05) is 0 Å². The summed E-state index contributed by atoms with van der Waals surface area (Å²) in [6.07, 6.45) is -4.45. The maximum Gasteiger partial charge on any atom is 0.419 e. The third-order valence-corrected chi connectivity index (χ3v) is 3.08. The number of para-hydroxylation sites is 1. The molecule has 3 nitrogen and oxygen atoms in total. The molecule has 1 unspecified atom stereocenters. The lowest BCUT2D eigenvalue weighted by Crippen LogP contribution is -2.20. The smallest absolute Gasteiger partial charge is 0.419 e. The molecule has 1 atom stereocenters. The van der Waals surface area contributed by atoms with E-state index in [0.717, 1.165) is 11.8 Å². The molecule has 2 N–H and O–H groups in total. The number of aryl methyl sites for hydroxylation is 1. The Morgan fingerprint density at radius 3 is 2.48 bits per heavy atom. The lowest BCUT2D eigenvalue weighted by molar-refractivity contribution is -0.139. The maximum absolute atomic E-state index is 12.9. The zero-order valence-electron chi connectivity index (χ0n) is 11.5. The SMILES string of the molecule is Cc1ccc(C(CN)COc2ccccc2C(F)(F)F)o1. The first-order valence-corrected chi connectivity index (χ1v) is 6.47. The van der Waals surface area contributed by atoms with Crippen LogP contribution in [0.4, 0.5) is 13.2 Å². The minimum absolute atomic E-state index is 0.0244. The molecule has 2 rings (SSSR count). The van der Waals surface area contributed by atoms with Gasteiger partial charge in [0.2, 0.25) is 0 Å². The van der Waals surface area contributed by atoms with Crippen molar-refractivity contribution in [2.75, 3.05) is 13.2 Å². The van der Waals surface area contributed by atoms with Crippen LogP contribution in [0, 0.1) is 6.92 Å². The van der Waals surface area contributed by atoms with Crippen molar-refractivity contribution < 1.29 is 22.3 Å². The van der Waals surface area contributed by atoms with Crippen LogP contribution in [-0.2, 0) is 6.18 Å². The lowest BCUT2D eigenvalue weighted by atomic mass is 10.1. The largest absolute Gasteiger partial charge is 0.492 e. The maximum atomic E-state index is 12.9. The van der Waals surface area contributed by atoms with Gasteiger partial charge in [0.25, 0.3) is 0 Å². The summed E-state index contributed by atoms with van der Waals surface area (Å²) in [5, 5.41) is 0.